The average Bonchev–Trinajstić information content (AvgIpc) is 2.76. The maximum atomic E-state index is 5.47. The third-order valence-electron chi connectivity index (χ3n) is 2.13. The van der Waals surface area contributed by atoms with Crippen LogP contribution in [0, 0.1) is 0 Å². The number of H-pyrrole nitrogens is 1. The summed E-state index contributed by atoms with van der Waals surface area (Å²) in [5.74, 6) is 0.819. The molecule has 0 radical (unpaired) electrons. The zero-order valence-corrected chi connectivity index (χ0v) is 8.81. The van der Waals surface area contributed by atoms with Crippen molar-refractivity contribution >= 4 is 5.95 Å². The summed E-state index contributed by atoms with van der Waals surface area (Å²) in [7, 11) is 0. The third-order valence-corrected chi connectivity index (χ3v) is 2.13. The summed E-state index contributed by atoms with van der Waals surface area (Å²) in [4.78, 5) is 6.86. The molecule has 0 aromatic carbocycles. The highest BCUT2D eigenvalue weighted by Crippen LogP contribution is 2.10. The lowest BCUT2D eigenvalue weighted by molar-refractivity contribution is 0.640. The Balaban J connectivity index is 2.11. The quantitative estimate of drug-likeness (QED) is 0.776. The van der Waals surface area contributed by atoms with E-state index in [0.717, 1.165) is 11.4 Å². The van der Waals surface area contributed by atoms with Gasteiger partial charge >= 0.3 is 0 Å². The number of rotatable bonds is 3. The fraction of sp³-hybridized carbons (Fsp3) is 0.444. The van der Waals surface area contributed by atoms with E-state index in [1.165, 1.54) is 0 Å². The Morgan fingerprint density at radius 2 is 2.33 bits per heavy atom. The maximum absolute atomic E-state index is 5.47. The van der Waals surface area contributed by atoms with Crippen LogP contribution in [0.4, 0.5) is 5.95 Å². The van der Waals surface area contributed by atoms with Gasteiger partial charge in [-0.1, -0.05) is 19.1 Å². The maximum Gasteiger partial charge on any atom is 0.197 e. The van der Waals surface area contributed by atoms with Crippen molar-refractivity contribution < 1.29 is 0 Å². The van der Waals surface area contributed by atoms with E-state index in [-0.39, 0.29) is 0 Å². The van der Waals surface area contributed by atoms with E-state index in [1.54, 1.807) is 10.9 Å². The van der Waals surface area contributed by atoms with E-state index in [1.807, 2.05) is 6.20 Å². The van der Waals surface area contributed by atoms with Crippen molar-refractivity contribution in [1.82, 2.24) is 25.0 Å². The number of hydrogen-bond acceptors (Lipinski definition) is 4. The minimum atomic E-state index is 0.394. The van der Waals surface area contributed by atoms with E-state index in [0.29, 0.717) is 18.4 Å². The van der Waals surface area contributed by atoms with Gasteiger partial charge in [0.05, 0.1) is 24.1 Å². The monoisotopic (exact) mass is 206 g/mol. The zero-order valence-electron chi connectivity index (χ0n) is 8.81. The lowest BCUT2D eigenvalue weighted by Crippen LogP contribution is -2.00. The Kier molecular flexibility index (Phi) is 2.40. The first kappa shape index (κ1) is 9.70. The fourth-order valence-electron chi connectivity index (χ4n) is 1.29. The van der Waals surface area contributed by atoms with Gasteiger partial charge in [0.15, 0.2) is 5.95 Å². The molecule has 2 aromatic heterocycles. The van der Waals surface area contributed by atoms with E-state index < -0.39 is 0 Å². The summed E-state index contributed by atoms with van der Waals surface area (Å²) in [5, 5.41) is 8.09. The molecule has 0 atom stereocenters. The third kappa shape index (κ3) is 2.15. The molecular weight excluding hydrogens is 192 g/mol. The molecule has 0 saturated heterocycles. The first-order valence-corrected chi connectivity index (χ1v) is 4.84. The Bertz CT molecular complexity index is 441. The second-order valence-corrected chi connectivity index (χ2v) is 3.79. The van der Waals surface area contributed by atoms with Crippen LogP contribution in [0.15, 0.2) is 12.4 Å². The van der Waals surface area contributed by atoms with Crippen LogP contribution in [0.1, 0.15) is 31.2 Å². The molecule has 6 nitrogen and oxygen atoms in total. The minimum absolute atomic E-state index is 0.394. The molecule has 0 aliphatic rings. The fourth-order valence-corrected chi connectivity index (χ4v) is 1.29. The Hall–Kier alpha value is -1.85. The first-order chi connectivity index (χ1) is 7.15. The molecule has 6 heteroatoms. The number of aromatic nitrogens is 5. The van der Waals surface area contributed by atoms with Crippen LogP contribution < -0.4 is 5.73 Å². The van der Waals surface area contributed by atoms with Crippen molar-refractivity contribution in [2.45, 2.75) is 26.3 Å². The van der Waals surface area contributed by atoms with Gasteiger partial charge in [-0.15, -0.1) is 5.10 Å². The van der Waals surface area contributed by atoms with E-state index in [4.69, 9.17) is 5.73 Å². The van der Waals surface area contributed by atoms with E-state index >= 15 is 0 Å². The number of nitrogens with zero attached hydrogens (tertiary/aromatic N) is 4. The summed E-state index contributed by atoms with van der Waals surface area (Å²) in [5.41, 5.74) is 7.39. The summed E-state index contributed by atoms with van der Waals surface area (Å²) in [6.07, 6.45) is 3.63. The number of hydrogen-bond donors (Lipinski definition) is 2. The molecule has 0 saturated carbocycles. The Morgan fingerprint density at radius 1 is 1.53 bits per heavy atom. The second-order valence-electron chi connectivity index (χ2n) is 3.79. The van der Waals surface area contributed by atoms with Crippen molar-refractivity contribution in [2.24, 2.45) is 0 Å². The molecule has 0 spiro atoms. The molecule has 2 heterocycles. The lowest BCUT2D eigenvalue weighted by atomic mass is 10.2. The molecule has 3 N–H and O–H groups in total. The van der Waals surface area contributed by atoms with Crippen LogP contribution >= 0.6 is 0 Å². The predicted molar refractivity (Wildman–Crippen MR) is 56.2 cm³/mol. The van der Waals surface area contributed by atoms with E-state index in [9.17, 15) is 0 Å². The molecule has 0 bridgehead atoms. The molecule has 15 heavy (non-hydrogen) atoms. The van der Waals surface area contributed by atoms with Gasteiger partial charge in [-0.2, -0.15) is 0 Å². The molecule has 0 aliphatic heterocycles. The van der Waals surface area contributed by atoms with Crippen molar-refractivity contribution in [3.63, 3.8) is 0 Å². The van der Waals surface area contributed by atoms with Crippen molar-refractivity contribution in [2.75, 3.05) is 5.73 Å². The van der Waals surface area contributed by atoms with Gasteiger partial charge in [0, 0.05) is 6.20 Å². The molecule has 2 rings (SSSR count). The number of anilines is 1. The van der Waals surface area contributed by atoms with Gasteiger partial charge in [-0.25, -0.2) is 9.67 Å². The van der Waals surface area contributed by atoms with Crippen LogP contribution in [0.25, 0.3) is 0 Å². The number of nitrogen functional groups attached to an aromatic ring is 1. The highest BCUT2D eigenvalue weighted by molar-refractivity contribution is 5.18. The molecule has 80 valence electrons. The first-order valence-electron chi connectivity index (χ1n) is 4.84. The normalized spacial score (nSPS) is 11.1. The van der Waals surface area contributed by atoms with Crippen LogP contribution in [0.2, 0.25) is 0 Å². The van der Waals surface area contributed by atoms with Crippen LogP contribution in [-0.2, 0) is 6.54 Å². The van der Waals surface area contributed by atoms with Crippen molar-refractivity contribution in [3.05, 3.63) is 23.8 Å². The van der Waals surface area contributed by atoms with Gasteiger partial charge in [0.2, 0.25) is 0 Å². The number of imidazole rings is 1. The van der Waals surface area contributed by atoms with Gasteiger partial charge in [0.25, 0.3) is 0 Å². The Morgan fingerprint density at radius 3 is 2.87 bits per heavy atom. The minimum Gasteiger partial charge on any atom is -0.369 e. The highest BCUT2D eigenvalue weighted by atomic mass is 15.4. The van der Waals surface area contributed by atoms with Crippen LogP contribution in [-0.4, -0.2) is 25.0 Å². The van der Waals surface area contributed by atoms with Gasteiger partial charge < -0.3 is 10.7 Å². The van der Waals surface area contributed by atoms with Crippen LogP contribution in [0.5, 0.6) is 0 Å². The predicted octanol–water partition coefficient (Wildman–Crippen LogP) is 0.755. The summed E-state index contributed by atoms with van der Waals surface area (Å²) in [6.45, 7) is 4.79. The highest BCUT2D eigenvalue weighted by Gasteiger charge is 2.05. The summed E-state index contributed by atoms with van der Waals surface area (Å²) < 4.78 is 1.77. The molecule has 0 amide bonds. The van der Waals surface area contributed by atoms with Gasteiger partial charge in [0.1, 0.15) is 0 Å². The van der Waals surface area contributed by atoms with E-state index in [2.05, 4.69) is 34.1 Å². The van der Waals surface area contributed by atoms with Crippen molar-refractivity contribution in [3.8, 4) is 0 Å². The van der Waals surface area contributed by atoms with Gasteiger partial charge in [-0.05, 0) is 5.92 Å². The lowest BCUT2D eigenvalue weighted by Gasteiger charge is -1.97. The standard InChI is InChI=1S/C9H14N6/c1-6(2)8-5-15(14-13-8)4-7-3-11-9(10)12-7/h3,5-6H,4H2,1-2H3,(H3,10,11,12). The largest absolute Gasteiger partial charge is 0.369 e. The summed E-state index contributed by atoms with van der Waals surface area (Å²) >= 11 is 0. The van der Waals surface area contributed by atoms with Gasteiger partial charge in [-0.3, -0.25) is 0 Å². The Labute approximate surface area is 87.5 Å². The summed E-state index contributed by atoms with van der Waals surface area (Å²) in [6, 6.07) is 0. The molecular formula is C9H14N6. The van der Waals surface area contributed by atoms with Crippen LogP contribution in [0.3, 0.4) is 0 Å². The average molecular weight is 206 g/mol. The SMILES string of the molecule is CC(C)c1cn(Cc2cnc(N)[nH]2)nn1. The molecule has 0 unspecified atom stereocenters. The number of nitrogens with one attached hydrogen (secondary N) is 1. The molecule has 0 aliphatic carbocycles. The second kappa shape index (κ2) is 3.72. The zero-order chi connectivity index (χ0) is 10.8. The topological polar surface area (TPSA) is 85.4 Å². The molecule has 2 aromatic rings. The number of aromatic amines is 1. The number of nitrogens with two attached hydrogens (primary N) is 1. The molecule has 0 fully saturated rings. The van der Waals surface area contributed by atoms with Crippen molar-refractivity contribution in [1.29, 1.82) is 0 Å². The smallest absolute Gasteiger partial charge is 0.197 e.